The largest absolute Gasteiger partial charge is 0.417 e. The van der Waals surface area contributed by atoms with Crippen LogP contribution in [-0.2, 0) is 4.79 Å². The van der Waals surface area contributed by atoms with Crippen molar-refractivity contribution in [3.05, 3.63) is 0 Å². The lowest BCUT2D eigenvalue weighted by atomic mass is 9.43. The average Bonchev–Trinajstić information content (AvgIpc) is 2.82. The third-order valence-electron chi connectivity index (χ3n) is 9.43. The van der Waals surface area contributed by atoms with Gasteiger partial charge in [-0.1, -0.05) is 20.8 Å². The molecule has 0 aromatic rings. The fourth-order valence-electron chi connectivity index (χ4n) is 7.89. The van der Waals surface area contributed by atoms with E-state index in [0.29, 0.717) is 36.9 Å². The quantitative estimate of drug-likeness (QED) is 0.639. The summed E-state index contributed by atoms with van der Waals surface area (Å²) >= 11 is 0. The zero-order chi connectivity index (χ0) is 19.1. The Morgan fingerprint density at radius 1 is 1.04 bits per heavy atom. The number of carbonyl (C=O) groups excluding carboxylic acids is 1. The number of ketones is 1. The summed E-state index contributed by atoms with van der Waals surface area (Å²) in [5.41, 5.74) is -3.54. The van der Waals surface area contributed by atoms with E-state index in [1.165, 1.54) is 0 Å². The third-order valence-corrected chi connectivity index (χ3v) is 9.43. The number of Topliss-reactive ketones (excluding diaryl/α,β-unsaturated/α-hetero) is 1. The zero-order valence-electron chi connectivity index (χ0n) is 16.0. The maximum atomic E-state index is 13.7. The van der Waals surface area contributed by atoms with Crippen LogP contribution in [0, 0.1) is 40.4 Å². The highest BCUT2D eigenvalue weighted by Gasteiger charge is 2.72. The van der Waals surface area contributed by atoms with Gasteiger partial charge < -0.3 is 5.11 Å². The molecule has 4 aliphatic carbocycles. The summed E-state index contributed by atoms with van der Waals surface area (Å²) in [7, 11) is 0. The second kappa shape index (κ2) is 5.48. The Morgan fingerprint density at radius 3 is 2.35 bits per heavy atom. The van der Waals surface area contributed by atoms with Gasteiger partial charge in [-0.2, -0.15) is 13.2 Å². The first kappa shape index (κ1) is 18.8. The van der Waals surface area contributed by atoms with Crippen molar-refractivity contribution >= 4 is 5.78 Å². The Kier molecular flexibility index (Phi) is 3.96. The summed E-state index contributed by atoms with van der Waals surface area (Å²) < 4.78 is 41.2. The molecule has 0 aromatic carbocycles. The van der Waals surface area contributed by atoms with Crippen molar-refractivity contribution in [2.45, 2.75) is 83.9 Å². The lowest BCUT2D eigenvalue weighted by Crippen LogP contribution is -2.61. The predicted octanol–water partition coefficient (Wildman–Crippen LogP) is 5.14. The van der Waals surface area contributed by atoms with E-state index in [0.717, 1.165) is 25.7 Å². The molecule has 0 bridgehead atoms. The third kappa shape index (κ3) is 2.18. The minimum Gasteiger partial charge on any atom is -0.380 e. The SMILES string of the molecule is C[C@@H]1C[C@@]2(C)[C@@H](CC[C@@H]3[C@@H]2CC[C@@]2(C)[C@H]3CC[C@@]2(O)C(F)(F)F)CC1=O. The van der Waals surface area contributed by atoms with Crippen LogP contribution >= 0.6 is 0 Å². The highest BCUT2D eigenvalue weighted by Crippen LogP contribution is 2.70. The standard InChI is InChI=1S/C21H31F3O2/c1-12-11-18(2)13(10-17(12)25)4-5-14-15(18)6-8-19(3)16(14)7-9-20(19,26)21(22,23)24/h12-16,26H,4-11H2,1-3H3/t12-,13+,14-,15+,16+,18+,19+,20+/m1/s1. The summed E-state index contributed by atoms with van der Waals surface area (Å²) in [6, 6.07) is 0. The minimum atomic E-state index is -4.56. The van der Waals surface area contributed by atoms with Crippen LogP contribution in [0.2, 0.25) is 0 Å². The molecule has 1 N–H and O–H groups in total. The summed E-state index contributed by atoms with van der Waals surface area (Å²) in [5.74, 6) is 1.41. The van der Waals surface area contributed by atoms with Gasteiger partial charge in [-0.3, -0.25) is 4.79 Å². The average molecular weight is 372 g/mol. The number of halogens is 3. The summed E-state index contributed by atoms with van der Waals surface area (Å²) in [6.45, 7) is 6.00. The maximum absolute atomic E-state index is 13.7. The van der Waals surface area contributed by atoms with E-state index in [4.69, 9.17) is 0 Å². The molecule has 148 valence electrons. The monoisotopic (exact) mass is 372 g/mol. The van der Waals surface area contributed by atoms with Crippen LogP contribution in [0.4, 0.5) is 13.2 Å². The van der Waals surface area contributed by atoms with Crippen LogP contribution in [-0.4, -0.2) is 22.7 Å². The van der Waals surface area contributed by atoms with E-state index < -0.39 is 17.2 Å². The van der Waals surface area contributed by atoms with Gasteiger partial charge in [-0.05, 0) is 74.0 Å². The second-order valence-corrected chi connectivity index (χ2v) is 10.3. The number of hydrogen-bond acceptors (Lipinski definition) is 2. The molecule has 26 heavy (non-hydrogen) atoms. The minimum absolute atomic E-state index is 0.0569. The van der Waals surface area contributed by atoms with Gasteiger partial charge >= 0.3 is 6.18 Å². The molecule has 0 aromatic heterocycles. The molecule has 0 amide bonds. The molecule has 4 aliphatic rings. The van der Waals surface area contributed by atoms with Gasteiger partial charge in [0, 0.05) is 17.8 Å². The van der Waals surface area contributed by atoms with Crippen LogP contribution in [0.3, 0.4) is 0 Å². The first-order valence-electron chi connectivity index (χ1n) is 10.3. The highest BCUT2D eigenvalue weighted by atomic mass is 19.4. The molecule has 0 saturated heterocycles. The smallest absolute Gasteiger partial charge is 0.380 e. The van der Waals surface area contributed by atoms with Gasteiger partial charge in [-0.15, -0.1) is 0 Å². The number of aliphatic hydroxyl groups is 1. The van der Waals surface area contributed by atoms with Crippen molar-refractivity contribution in [3.8, 4) is 0 Å². The molecular weight excluding hydrogens is 341 g/mol. The van der Waals surface area contributed by atoms with Gasteiger partial charge in [0.25, 0.3) is 0 Å². The second-order valence-electron chi connectivity index (χ2n) is 10.3. The molecule has 5 heteroatoms. The normalized spacial score (nSPS) is 54.4. The van der Waals surface area contributed by atoms with E-state index in [1.54, 1.807) is 6.92 Å². The lowest BCUT2D eigenvalue weighted by molar-refractivity contribution is -0.304. The van der Waals surface area contributed by atoms with Gasteiger partial charge in [0.1, 0.15) is 5.78 Å². The van der Waals surface area contributed by atoms with Crippen LogP contribution in [0.5, 0.6) is 0 Å². The molecule has 4 rings (SSSR count). The molecular formula is C21H31F3O2. The highest BCUT2D eigenvalue weighted by molar-refractivity contribution is 5.82. The van der Waals surface area contributed by atoms with Crippen molar-refractivity contribution < 1.29 is 23.1 Å². The van der Waals surface area contributed by atoms with Crippen molar-refractivity contribution in [2.75, 3.05) is 0 Å². The summed E-state index contributed by atoms with van der Waals surface area (Å²) in [4.78, 5) is 12.2. The molecule has 0 radical (unpaired) electrons. The Morgan fingerprint density at radius 2 is 1.69 bits per heavy atom. The van der Waals surface area contributed by atoms with Crippen LogP contribution in [0.1, 0.15) is 72.1 Å². The molecule has 0 heterocycles. The summed E-state index contributed by atoms with van der Waals surface area (Å²) in [6.07, 6.45) is 0.354. The molecule has 2 nitrogen and oxygen atoms in total. The predicted molar refractivity (Wildman–Crippen MR) is 92.3 cm³/mol. The zero-order valence-corrected chi connectivity index (χ0v) is 16.0. The topological polar surface area (TPSA) is 37.3 Å². The Labute approximate surface area is 153 Å². The van der Waals surface area contributed by atoms with Crippen LogP contribution in [0.25, 0.3) is 0 Å². The molecule has 4 saturated carbocycles. The number of rotatable bonds is 0. The fraction of sp³-hybridized carbons (Fsp3) is 0.952. The van der Waals surface area contributed by atoms with Crippen molar-refractivity contribution in [2.24, 2.45) is 40.4 Å². The Hall–Kier alpha value is -0.580. The number of carbonyl (C=O) groups is 1. The Balaban J connectivity index is 1.66. The van der Waals surface area contributed by atoms with Gasteiger partial charge in [-0.25, -0.2) is 0 Å². The molecule has 8 atom stereocenters. The van der Waals surface area contributed by atoms with Crippen molar-refractivity contribution in [1.29, 1.82) is 0 Å². The molecule has 4 fully saturated rings. The number of fused-ring (bicyclic) bond motifs is 5. The molecule has 0 unspecified atom stereocenters. The van der Waals surface area contributed by atoms with E-state index in [1.807, 2.05) is 6.92 Å². The van der Waals surface area contributed by atoms with Crippen molar-refractivity contribution in [1.82, 2.24) is 0 Å². The van der Waals surface area contributed by atoms with E-state index in [9.17, 15) is 23.1 Å². The van der Waals surface area contributed by atoms with Gasteiger partial charge in [0.15, 0.2) is 5.60 Å². The van der Waals surface area contributed by atoms with Crippen LogP contribution in [0.15, 0.2) is 0 Å². The summed E-state index contributed by atoms with van der Waals surface area (Å²) in [5, 5.41) is 10.7. The van der Waals surface area contributed by atoms with E-state index in [2.05, 4.69) is 6.92 Å². The van der Waals surface area contributed by atoms with Gasteiger partial charge in [0.05, 0.1) is 0 Å². The Bertz CT molecular complexity index is 617. The molecule has 0 spiro atoms. The fourth-order valence-corrected chi connectivity index (χ4v) is 7.89. The maximum Gasteiger partial charge on any atom is 0.417 e. The van der Waals surface area contributed by atoms with Crippen molar-refractivity contribution in [3.63, 3.8) is 0 Å². The van der Waals surface area contributed by atoms with Crippen LogP contribution < -0.4 is 0 Å². The van der Waals surface area contributed by atoms with Gasteiger partial charge in [0.2, 0.25) is 0 Å². The number of alkyl halides is 3. The number of hydrogen-bond donors (Lipinski definition) is 1. The van der Waals surface area contributed by atoms with E-state index in [-0.39, 0.29) is 29.6 Å². The first-order chi connectivity index (χ1) is 11.9. The molecule has 0 aliphatic heterocycles. The first-order valence-corrected chi connectivity index (χ1v) is 10.3. The lowest BCUT2D eigenvalue weighted by Gasteiger charge is -2.61. The van der Waals surface area contributed by atoms with E-state index >= 15 is 0 Å².